The van der Waals surface area contributed by atoms with E-state index in [0.29, 0.717) is 11.6 Å². The summed E-state index contributed by atoms with van der Waals surface area (Å²) >= 11 is 0. The topological polar surface area (TPSA) is 96.5 Å². The number of carbonyl (C=O) groups excluding carboxylic acids is 3. The lowest BCUT2D eigenvalue weighted by Gasteiger charge is -2.19. The van der Waals surface area contributed by atoms with Crippen molar-refractivity contribution in [3.05, 3.63) is 65.0 Å². The highest BCUT2D eigenvalue weighted by molar-refractivity contribution is 6.04. The molecular formula is C21H22F3N3O4. The number of ether oxygens (including phenoxy) is 1. The molecule has 3 amide bonds. The first-order valence-corrected chi connectivity index (χ1v) is 9.24. The average molecular weight is 437 g/mol. The second-order valence-corrected chi connectivity index (χ2v) is 7.47. The normalized spacial score (nSPS) is 10.9. The van der Waals surface area contributed by atoms with Gasteiger partial charge in [0, 0.05) is 12.2 Å². The Hall–Kier alpha value is -3.56. The zero-order valence-corrected chi connectivity index (χ0v) is 17.1. The molecule has 0 aromatic heterocycles. The van der Waals surface area contributed by atoms with Crippen LogP contribution in [-0.4, -0.2) is 30.1 Å². The summed E-state index contributed by atoms with van der Waals surface area (Å²) in [6.45, 7) is 4.70. The van der Waals surface area contributed by atoms with E-state index in [1.165, 1.54) is 6.07 Å². The lowest BCUT2D eigenvalue weighted by atomic mass is 10.1. The van der Waals surface area contributed by atoms with Gasteiger partial charge in [0.05, 0.1) is 5.56 Å². The molecule has 0 aliphatic carbocycles. The van der Waals surface area contributed by atoms with Gasteiger partial charge in [-0.05, 0) is 44.5 Å². The number of rotatable bonds is 6. The third kappa shape index (κ3) is 7.02. The van der Waals surface area contributed by atoms with Crippen LogP contribution in [0, 0.1) is 17.5 Å². The molecule has 0 atom stereocenters. The summed E-state index contributed by atoms with van der Waals surface area (Å²) in [6.07, 6.45) is -0.746. The summed E-state index contributed by atoms with van der Waals surface area (Å²) in [5.41, 5.74) is -0.675. The Balaban J connectivity index is 1.98. The minimum absolute atomic E-state index is 0.0223. The number of anilines is 1. The van der Waals surface area contributed by atoms with E-state index in [4.69, 9.17) is 4.74 Å². The van der Waals surface area contributed by atoms with Crippen LogP contribution in [-0.2, 0) is 16.1 Å². The highest BCUT2D eigenvalue weighted by Crippen LogP contribution is 2.19. The number of hydrogen-bond donors (Lipinski definition) is 3. The van der Waals surface area contributed by atoms with Crippen molar-refractivity contribution in [2.45, 2.75) is 32.9 Å². The molecular weight excluding hydrogens is 415 g/mol. The molecule has 0 aliphatic rings. The van der Waals surface area contributed by atoms with Crippen molar-refractivity contribution in [1.29, 1.82) is 0 Å². The fourth-order valence-electron chi connectivity index (χ4n) is 2.41. The Kier molecular flexibility index (Phi) is 7.62. The van der Waals surface area contributed by atoms with E-state index < -0.39 is 46.5 Å². The van der Waals surface area contributed by atoms with Crippen molar-refractivity contribution >= 4 is 23.6 Å². The molecule has 2 aromatic carbocycles. The number of amides is 3. The van der Waals surface area contributed by atoms with Gasteiger partial charge < -0.3 is 20.7 Å². The van der Waals surface area contributed by atoms with E-state index in [2.05, 4.69) is 16.0 Å². The minimum Gasteiger partial charge on any atom is -0.444 e. The first-order valence-electron chi connectivity index (χ1n) is 9.24. The van der Waals surface area contributed by atoms with Crippen LogP contribution < -0.4 is 16.0 Å². The van der Waals surface area contributed by atoms with Crippen LogP contribution in [0.1, 0.15) is 36.7 Å². The number of nitrogens with one attached hydrogen (secondary N) is 3. The second kappa shape index (κ2) is 9.96. The molecule has 7 nitrogen and oxygen atoms in total. The molecule has 0 saturated carbocycles. The molecule has 0 aliphatic heterocycles. The van der Waals surface area contributed by atoms with Crippen LogP contribution in [0.2, 0.25) is 0 Å². The van der Waals surface area contributed by atoms with Crippen LogP contribution in [0.4, 0.5) is 23.7 Å². The van der Waals surface area contributed by atoms with E-state index >= 15 is 0 Å². The van der Waals surface area contributed by atoms with Gasteiger partial charge in [0.25, 0.3) is 5.91 Å². The lowest BCUT2D eigenvalue weighted by molar-refractivity contribution is -0.120. The SMILES string of the molecule is CC(C)(C)OC(=O)NCC(=O)NCc1ccccc1NC(=O)c1ccc(F)c(F)c1F. The Morgan fingerprint density at radius 1 is 0.935 bits per heavy atom. The van der Waals surface area contributed by atoms with Crippen molar-refractivity contribution in [3.8, 4) is 0 Å². The number of alkyl carbamates (subject to hydrolysis) is 1. The number of para-hydroxylation sites is 1. The quantitative estimate of drug-likeness (QED) is 0.603. The number of benzene rings is 2. The van der Waals surface area contributed by atoms with Gasteiger partial charge in [-0.1, -0.05) is 18.2 Å². The van der Waals surface area contributed by atoms with E-state index in [-0.39, 0.29) is 18.8 Å². The molecule has 10 heteroatoms. The predicted molar refractivity (Wildman–Crippen MR) is 107 cm³/mol. The van der Waals surface area contributed by atoms with Crippen LogP contribution in [0.15, 0.2) is 36.4 Å². The first kappa shape index (κ1) is 23.7. The van der Waals surface area contributed by atoms with Gasteiger partial charge in [-0.25, -0.2) is 18.0 Å². The Morgan fingerprint density at radius 3 is 2.29 bits per heavy atom. The van der Waals surface area contributed by atoms with Crippen LogP contribution >= 0.6 is 0 Å². The molecule has 0 radical (unpaired) electrons. The van der Waals surface area contributed by atoms with E-state index in [9.17, 15) is 27.6 Å². The van der Waals surface area contributed by atoms with Crippen molar-refractivity contribution in [1.82, 2.24) is 10.6 Å². The molecule has 0 bridgehead atoms. The van der Waals surface area contributed by atoms with Gasteiger partial charge in [0.15, 0.2) is 17.5 Å². The minimum atomic E-state index is -1.74. The monoisotopic (exact) mass is 437 g/mol. The fraction of sp³-hybridized carbons (Fsp3) is 0.286. The molecule has 3 N–H and O–H groups in total. The zero-order chi connectivity index (χ0) is 23.2. The third-order valence-corrected chi connectivity index (χ3v) is 3.81. The summed E-state index contributed by atoms with van der Waals surface area (Å²) in [5, 5.41) is 7.27. The highest BCUT2D eigenvalue weighted by Gasteiger charge is 2.20. The summed E-state index contributed by atoms with van der Waals surface area (Å²) < 4.78 is 45.3. The molecule has 0 spiro atoms. The maximum atomic E-state index is 13.8. The van der Waals surface area contributed by atoms with Crippen molar-refractivity contribution in [2.75, 3.05) is 11.9 Å². The molecule has 0 saturated heterocycles. The maximum Gasteiger partial charge on any atom is 0.408 e. The molecule has 2 rings (SSSR count). The highest BCUT2D eigenvalue weighted by atomic mass is 19.2. The molecule has 0 fully saturated rings. The smallest absolute Gasteiger partial charge is 0.408 e. The molecule has 2 aromatic rings. The largest absolute Gasteiger partial charge is 0.444 e. The summed E-state index contributed by atoms with van der Waals surface area (Å²) in [6, 6.07) is 7.81. The number of carbonyl (C=O) groups is 3. The number of hydrogen-bond acceptors (Lipinski definition) is 4. The van der Waals surface area contributed by atoms with Crippen molar-refractivity contribution in [2.24, 2.45) is 0 Å². The average Bonchev–Trinajstić information content (AvgIpc) is 2.68. The van der Waals surface area contributed by atoms with Crippen molar-refractivity contribution in [3.63, 3.8) is 0 Å². The summed E-state index contributed by atoms with van der Waals surface area (Å²) in [4.78, 5) is 35.8. The predicted octanol–water partition coefficient (Wildman–Crippen LogP) is 3.50. The fourth-order valence-corrected chi connectivity index (χ4v) is 2.41. The number of halogens is 3. The molecule has 0 unspecified atom stereocenters. The third-order valence-electron chi connectivity index (χ3n) is 3.81. The van der Waals surface area contributed by atoms with Gasteiger partial charge in [-0.15, -0.1) is 0 Å². The Morgan fingerprint density at radius 2 is 1.61 bits per heavy atom. The van der Waals surface area contributed by atoms with Gasteiger partial charge in [-0.2, -0.15) is 0 Å². The van der Waals surface area contributed by atoms with Gasteiger partial charge in [0.1, 0.15) is 12.1 Å². The van der Waals surface area contributed by atoms with E-state index in [0.717, 1.165) is 6.07 Å². The standard InChI is InChI=1S/C21H22F3N3O4/c1-21(2,3)31-20(30)26-11-16(28)25-10-12-6-4-5-7-15(12)27-19(29)13-8-9-14(22)18(24)17(13)23/h4-9H,10-11H2,1-3H3,(H,25,28)(H,26,30)(H,27,29). The van der Waals surface area contributed by atoms with Crippen molar-refractivity contribution < 1.29 is 32.3 Å². The lowest BCUT2D eigenvalue weighted by Crippen LogP contribution is -2.39. The van der Waals surface area contributed by atoms with E-state index in [1.54, 1.807) is 39.0 Å². The molecule has 0 heterocycles. The Bertz CT molecular complexity index is 990. The van der Waals surface area contributed by atoms with Crippen LogP contribution in [0.5, 0.6) is 0 Å². The van der Waals surface area contributed by atoms with E-state index in [1.807, 2.05) is 0 Å². The maximum absolute atomic E-state index is 13.8. The molecule has 31 heavy (non-hydrogen) atoms. The first-order chi connectivity index (χ1) is 14.5. The summed E-state index contributed by atoms with van der Waals surface area (Å²) in [5.74, 6) is -6.25. The molecule has 166 valence electrons. The van der Waals surface area contributed by atoms with Crippen LogP contribution in [0.3, 0.4) is 0 Å². The van der Waals surface area contributed by atoms with Crippen LogP contribution in [0.25, 0.3) is 0 Å². The second-order valence-electron chi connectivity index (χ2n) is 7.47. The summed E-state index contributed by atoms with van der Waals surface area (Å²) in [7, 11) is 0. The van der Waals surface area contributed by atoms with Gasteiger partial charge in [0.2, 0.25) is 5.91 Å². The Labute approximate surface area is 177 Å². The zero-order valence-electron chi connectivity index (χ0n) is 17.1. The van der Waals surface area contributed by atoms with Gasteiger partial charge >= 0.3 is 6.09 Å². The van der Waals surface area contributed by atoms with Gasteiger partial charge in [-0.3, -0.25) is 9.59 Å².